The Bertz CT molecular complexity index is 1250. The van der Waals surface area contributed by atoms with Gasteiger partial charge in [-0.3, -0.25) is 9.09 Å². The molecular weight excluding hydrogens is 587 g/mol. The number of phosphoric acid groups is 2. The van der Waals surface area contributed by atoms with Gasteiger partial charge in [0.15, 0.2) is 23.2 Å². The van der Waals surface area contributed by atoms with Gasteiger partial charge in [-0.05, 0) is 26.4 Å². The van der Waals surface area contributed by atoms with E-state index in [0.29, 0.717) is 17.9 Å². The molecule has 3 rings (SSSR count). The third-order valence-corrected chi connectivity index (χ3v) is 9.33. The minimum atomic E-state index is -5.59. The number of aromatic nitrogens is 4. The van der Waals surface area contributed by atoms with Crippen molar-refractivity contribution in [2.75, 3.05) is 32.1 Å². The second-order valence-electron chi connectivity index (χ2n) is 8.50. The molecule has 1 saturated heterocycles. The first-order valence-corrected chi connectivity index (χ1v) is 16.3. The zero-order chi connectivity index (χ0) is 28.8. The molecule has 22 heteroatoms. The summed E-state index contributed by atoms with van der Waals surface area (Å²) in [5.74, 6) is 0.459. The number of phosphoric ester groups is 1. The first kappa shape index (κ1) is 32.1. The predicted octanol–water partition coefficient (Wildman–Crippen LogP) is -0.0531. The van der Waals surface area contributed by atoms with Gasteiger partial charge in [-0.2, -0.15) is 8.62 Å². The van der Waals surface area contributed by atoms with Crippen LogP contribution in [-0.2, 0) is 31.6 Å². The summed E-state index contributed by atoms with van der Waals surface area (Å²) in [5.41, 5.74) is 5.22. The Morgan fingerprint density at radius 1 is 1.00 bits per heavy atom. The Labute approximate surface area is 222 Å². The summed E-state index contributed by atoms with van der Waals surface area (Å²) >= 11 is 0. The van der Waals surface area contributed by atoms with E-state index in [1.165, 1.54) is 17.2 Å². The van der Waals surface area contributed by atoms with Crippen LogP contribution in [0.4, 0.5) is 5.82 Å². The van der Waals surface area contributed by atoms with E-state index < -0.39 is 54.5 Å². The van der Waals surface area contributed by atoms with Crippen LogP contribution in [0.2, 0.25) is 0 Å². The number of anilines is 1. The molecule has 0 aliphatic carbocycles. The number of fused-ring (bicyclic) bond motifs is 1. The SMILES string of the molecule is CNCCCCCCNc1ncnc2c1ncn2[C@@H]1O[C@H](COP(=O)(O)OP(=O)(O)OP(N)(=O)O)C(O)[C@@H]1O. The van der Waals surface area contributed by atoms with E-state index in [9.17, 15) is 33.7 Å². The van der Waals surface area contributed by atoms with Gasteiger partial charge in [0.1, 0.15) is 24.6 Å². The fraction of sp³-hybridized carbons (Fsp3) is 0.706. The summed E-state index contributed by atoms with van der Waals surface area (Å²) in [5, 5.41) is 27.2. The summed E-state index contributed by atoms with van der Waals surface area (Å²) in [6.07, 6.45) is 0.827. The average molecular weight is 619 g/mol. The van der Waals surface area contributed by atoms with Crippen molar-refractivity contribution in [1.29, 1.82) is 0 Å². The normalized spacial score (nSPS) is 26.2. The number of aliphatic hydroxyl groups excluding tert-OH is 2. The van der Waals surface area contributed by atoms with Crippen LogP contribution in [0.15, 0.2) is 12.7 Å². The molecule has 9 N–H and O–H groups in total. The quantitative estimate of drug-likeness (QED) is 0.0902. The fourth-order valence-corrected chi connectivity index (χ4v) is 6.87. The maximum atomic E-state index is 12.0. The molecule has 4 unspecified atom stereocenters. The minimum absolute atomic E-state index is 0.268. The molecule has 222 valence electrons. The lowest BCUT2D eigenvalue weighted by Crippen LogP contribution is -2.33. The number of aliphatic hydroxyl groups is 2. The van der Waals surface area contributed by atoms with Crippen molar-refractivity contribution < 1.29 is 56.5 Å². The molecule has 19 nitrogen and oxygen atoms in total. The van der Waals surface area contributed by atoms with Crippen LogP contribution in [0.25, 0.3) is 11.2 Å². The fourth-order valence-electron chi connectivity index (χ4n) is 3.74. The first-order chi connectivity index (χ1) is 18.2. The van der Waals surface area contributed by atoms with Crippen LogP contribution in [0.5, 0.6) is 0 Å². The third kappa shape index (κ3) is 9.31. The number of ether oxygens (including phenoxy) is 1. The molecule has 0 radical (unpaired) electrons. The van der Waals surface area contributed by atoms with E-state index in [1.54, 1.807) is 0 Å². The standard InChI is InChI=1S/C17H32N7O12P3/c1-19-6-4-2-3-5-7-20-15-12-16(22-9-21-15)24(10-23-12)17-14(26)13(25)11(34-17)8-33-38(29,30)36-39(31,32)35-37(18,27)28/h9-11,13-14,17,19,25-26H,2-8H2,1H3,(H,29,30)(H,31,32)(H3,18,27,28)(H,20,21,22)/t11-,13?,14+,17-/m1/s1. The number of hydrogen-bond acceptors (Lipinski definition) is 14. The van der Waals surface area contributed by atoms with Crippen molar-refractivity contribution in [3.8, 4) is 0 Å². The summed E-state index contributed by atoms with van der Waals surface area (Å²) < 4.78 is 53.5. The van der Waals surface area contributed by atoms with Gasteiger partial charge in [0.05, 0.1) is 12.9 Å². The molecular formula is C17H32N7O12P3. The first-order valence-electron chi connectivity index (χ1n) is 11.6. The van der Waals surface area contributed by atoms with Gasteiger partial charge < -0.3 is 40.3 Å². The molecule has 0 aromatic carbocycles. The molecule has 1 aliphatic rings. The van der Waals surface area contributed by atoms with Crippen molar-refractivity contribution in [2.24, 2.45) is 5.50 Å². The number of hydrogen-bond donors (Lipinski definition) is 8. The van der Waals surface area contributed by atoms with Crippen molar-refractivity contribution in [1.82, 2.24) is 24.8 Å². The third-order valence-electron chi connectivity index (χ3n) is 5.44. The molecule has 0 spiro atoms. The lowest BCUT2D eigenvalue weighted by atomic mass is 10.1. The van der Waals surface area contributed by atoms with Gasteiger partial charge in [0, 0.05) is 6.54 Å². The van der Waals surface area contributed by atoms with Crippen LogP contribution in [0.1, 0.15) is 31.9 Å². The van der Waals surface area contributed by atoms with Gasteiger partial charge >= 0.3 is 23.4 Å². The molecule has 0 saturated carbocycles. The number of rotatable bonds is 16. The van der Waals surface area contributed by atoms with Crippen LogP contribution in [0.3, 0.4) is 0 Å². The Hall–Kier alpha value is -1.40. The Morgan fingerprint density at radius 2 is 1.69 bits per heavy atom. The van der Waals surface area contributed by atoms with Crippen LogP contribution in [0, 0.1) is 0 Å². The number of imidazole rings is 1. The summed E-state index contributed by atoms with van der Waals surface area (Å²) in [7, 11) is -14.1. The monoisotopic (exact) mass is 619 g/mol. The second kappa shape index (κ2) is 13.5. The summed E-state index contributed by atoms with van der Waals surface area (Å²) in [4.78, 5) is 40.4. The highest BCUT2D eigenvalue weighted by molar-refractivity contribution is 7.67. The highest BCUT2D eigenvalue weighted by Crippen LogP contribution is 2.65. The molecule has 7 atom stereocenters. The smallest absolute Gasteiger partial charge is 0.387 e. The molecule has 0 bridgehead atoms. The van der Waals surface area contributed by atoms with Crippen molar-refractivity contribution in [3.63, 3.8) is 0 Å². The van der Waals surface area contributed by atoms with E-state index in [-0.39, 0.29) is 5.65 Å². The van der Waals surface area contributed by atoms with Gasteiger partial charge in [-0.1, -0.05) is 12.8 Å². The average Bonchev–Trinajstić information content (AvgIpc) is 3.36. The van der Waals surface area contributed by atoms with E-state index in [1.807, 2.05) is 7.05 Å². The molecule has 2 aromatic rings. The van der Waals surface area contributed by atoms with Gasteiger partial charge in [-0.25, -0.2) is 34.2 Å². The van der Waals surface area contributed by atoms with E-state index in [0.717, 1.165) is 32.2 Å². The Balaban J connectivity index is 1.62. The highest BCUT2D eigenvalue weighted by atomic mass is 31.3. The van der Waals surface area contributed by atoms with E-state index in [2.05, 4.69) is 44.2 Å². The molecule has 1 aliphatic heterocycles. The maximum absolute atomic E-state index is 12.0. The van der Waals surface area contributed by atoms with Crippen molar-refractivity contribution in [2.45, 2.75) is 50.2 Å². The van der Waals surface area contributed by atoms with Crippen molar-refractivity contribution >= 4 is 40.4 Å². The Kier molecular flexibility index (Phi) is 11.1. The summed E-state index contributed by atoms with van der Waals surface area (Å²) in [6.45, 7) is 0.699. The highest BCUT2D eigenvalue weighted by Gasteiger charge is 2.46. The molecule has 39 heavy (non-hydrogen) atoms. The molecule has 1 fully saturated rings. The summed E-state index contributed by atoms with van der Waals surface area (Å²) in [6, 6.07) is 0. The lowest BCUT2D eigenvalue weighted by molar-refractivity contribution is -0.0503. The largest absolute Gasteiger partial charge is 0.489 e. The minimum Gasteiger partial charge on any atom is -0.387 e. The second-order valence-corrected chi connectivity index (χ2v) is 13.1. The van der Waals surface area contributed by atoms with E-state index >= 15 is 0 Å². The van der Waals surface area contributed by atoms with Gasteiger partial charge in [0.2, 0.25) is 0 Å². The zero-order valence-electron chi connectivity index (χ0n) is 20.7. The topological polar surface area (TPSA) is 283 Å². The number of nitrogens with two attached hydrogens (primary N) is 1. The van der Waals surface area contributed by atoms with Crippen LogP contribution >= 0.6 is 23.4 Å². The lowest BCUT2D eigenvalue weighted by Gasteiger charge is -2.19. The predicted molar refractivity (Wildman–Crippen MR) is 134 cm³/mol. The van der Waals surface area contributed by atoms with Gasteiger partial charge in [0.25, 0.3) is 0 Å². The van der Waals surface area contributed by atoms with Crippen LogP contribution in [-0.4, -0.2) is 89.5 Å². The number of unbranched alkanes of at least 4 members (excludes halogenated alkanes) is 3. The maximum Gasteiger partial charge on any atom is 0.489 e. The zero-order valence-corrected chi connectivity index (χ0v) is 23.4. The molecule has 0 amide bonds. The number of nitrogens with one attached hydrogen (secondary N) is 2. The molecule has 2 aromatic heterocycles. The van der Waals surface area contributed by atoms with Gasteiger partial charge in [-0.15, -0.1) is 0 Å². The van der Waals surface area contributed by atoms with Crippen molar-refractivity contribution in [3.05, 3.63) is 12.7 Å². The molecule has 3 heterocycles. The van der Waals surface area contributed by atoms with Crippen LogP contribution < -0.4 is 16.1 Å². The number of nitrogens with zero attached hydrogens (tertiary/aromatic N) is 4. The Morgan fingerprint density at radius 3 is 2.36 bits per heavy atom. The van der Waals surface area contributed by atoms with E-state index in [4.69, 9.17) is 9.63 Å².